The largest absolute Gasteiger partial charge is 0.481 e. The van der Waals surface area contributed by atoms with E-state index < -0.39 is 17.9 Å². The molecular formula is C23H24Cl2N4O3. The molecule has 0 bridgehead atoms. The summed E-state index contributed by atoms with van der Waals surface area (Å²) in [4.78, 5) is 24.1. The van der Waals surface area contributed by atoms with Gasteiger partial charge in [0.1, 0.15) is 5.82 Å². The number of halogens is 2. The minimum absolute atomic E-state index is 0.239. The molecule has 3 aromatic rings. The van der Waals surface area contributed by atoms with Gasteiger partial charge in [-0.15, -0.1) is 0 Å². The number of hydrogen-bond donors (Lipinski definition) is 3. The zero-order valence-corrected chi connectivity index (χ0v) is 19.6. The summed E-state index contributed by atoms with van der Waals surface area (Å²) in [7, 11) is 0. The van der Waals surface area contributed by atoms with E-state index in [1.165, 1.54) is 0 Å². The molecule has 0 radical (unpaired) electrons. The van der Waals surface area contributed by atoms with Gasteiger partial charge in [-0.1, -0.05) is 62.2 Å². The van der Waals surface area contributed by atoms with Crippen molar-refractivity contribution in [3.05, 3.63) is 69.8 Å². The number of carboxylic acids is 1. The van der Waals surface area contributed by atoms with Crippen LogP contribution in [0.1, 0.15) is 44.9 Å². The summed E-state index contributed by atoms with van der Waals surface area (Å²) < 4.78 is 1.58. The molecule has 2 amide bonds. The molecule has 0 saturated heterocycles. The third-order valence-electron chi connectivity index (χ3n) is 4.90. The second kappa shape index (κ2) is 9.22. The molecule has 0 fully saturated rings. The van der Waals surface area contributed by atoms with Crippen LogP contribution in [0.25, 0.3) is 5.69 Å². The first-order valence-electron chi connectivity index (χ1n) is 9.93. The highest BCUT2D eigenvalue weighted by atomic mass is 35.5. The molecule has 3 N–H and O–H groups in total. The molecule has 32 heavy (non-hydrogen) atoms. The predicted octanol–water partition coefficient (Wildman–Crippen LogP) is 6.31. The zero-order valence-electron chi connectivity index (χ0n) is 18.1. The van der Waals surface area contributed by atoms with E-state index >= 15 is 0 Å². The smallest absolute Gasteiger partial charge is 0.324 e. The van der Waals surface area contributed by atoms with Crippen LogP contribution in [0, 0.1) is 0 Å². The summed E-state index contributed by atoms with van der Waals surface area (Å²) >= 11 is 12.2. The lowest BCUT2D eigenvalue weighted by Gasteiger charge is -2.14. The number of benzene rings is 2. The molecule has 9 heteroatoms. The lowest BCUT2D eigenvalue weighted by Crippen LogP contribution is -2.21. The number of hydrogen-bond acceptors (Lipinski definition) is 3. The highest BCUT2D eigenvalue weighted by molar-refractivity contribution is 6.44. The summed E-state index contributed by atoms with van der Waals surface area (Å²) in [6.07, 6.45) is 0. The molecular weight excluding hydrogens is 451 g/mol. The average molecular weight is 475 g/mol. The Bertz CT molecular complexity index is 1170. The van der Waals surface area contributed by atoms with Gasteiger partial charge in [0.15, 0.2) is 0 Å². The zero-order chi connectivity index (χ0) is 23.6. The van der Waals surface area contributed by atoms with Gasteiger partial charge in [0.25, 0.3) is 0 Å². The van der Waals surface area contributed by atoms with Crippen LogP contribution in [-0.4, -0.2) is 26.9 Å². The van der Waals surface area contributed by atoms with Gasteiger partial charge < -0.3 is 10.4 Å². The first kappa shape index (κ1) is 23.6. The van der Waals surface area contributed by atoms with Gasteiger partial charge in [-0.3, -0.25) is 10.1 Å². The van der Waals surface area contributed by atoms with E-state index in [1.807, 2.05) is 20.8 Å². The van der Waals surface area contributed by atoms with E-state index in [2.05, 4.69) is 15.7 Å². The van der Waals surface area contributed by atoms with Gasteiger partial charge >= 0.3 is 12.0 Å². The Morgan fingerprint density at radius 3 is 2.41 bits per heavy atom. The van der Waals surface area contributed by atoms with Crippen LogP contribution in [0.3, 0.4) is 0 Å². The van der Waals surface area contributed by atoms with Crippen molar-refractivity contribution in [2.75, 3.05) is 10.6 Å². The van der Waals surface area contributed by atoms with Crippen molar-refractivity contribution in [2.24, 2.45) is 0 Å². The molecule has 1 heterocycles. The molecule has 0 aliphatic carbocycles. The summed E-state index contributed by atoms with van der Waals surface area (Å²) in [6.45, 7) is 7.65. The number of nitrogens with zero attached hydrogens (tertiary/aromatic N) is 2. The second-order valence-corrected chi connectivity index (χ2v) is 9.20. The van der Waals surface area contributed by atoms with E-state index in [1.54, 1.807) is 60.1 Å². The topological polar surface area (TPSA) is 96.2 Å². The van der Waals surface area contributed by atoms with Crippen molar-refractivity contribution >= 4 is 46.7 Å². The molecule has 0 aliphatic rings. The molecule has 3 rings (SSSR count). The number of carbonyl (C=O) groups is 2. The van der Waals surface area contributed by atoms with Gasteiger partial charge in [0.2, 0.25) is 0 Å². The average Bonchev–Trinajstić information content (AvgIpc) is 3.15. The Hall–Kier alpha value is -3.03. The summed E-state index contributed by atoms with van der Waals surface area (Å²) in [6, 6.07) is 13.3. The number of urea groups is 1. The van der Waals surface area contributed by atoms with Crippen molar-refractivity contribution < 1.29 is 14.7 Å². The van der Waals surface area contributed by atoms with Crippen LogP contribution in [-0.2, 0) is 10.2 Å². The monoisotopic (exact) mass is 474 g/mol. The molecule has 1 atom stereocenters. The number of amides is 2. The molecule has 168 valence electrons. The van der Waals surface area contributed by atoms with E-state index in [0.29, 0.717) is 27.8 Å². The summed E-state index contributed by atoms with van der Waals surface area (Å²) in [5.74, 6) is -1.18. The summed E-state index contributed by atoms with van der Waals surface area (Å²) in [5, 5.41) is 20.1. The van der Waals surface area contributed by atoms with Crippen molar-refractivity contribution in [3.63, 3.8) is 0 Å². The predicted molar refractivity (Wildman–Crippen MR) is 127 cm³/mol. The Kier molecular flexibility index (Phi) is 6.81. The van der Waals surface area contributed by atoms with Crippen LogP contribution in [0.2, 0.25) is 10.0 Å². The first-order chi connectivity index (χ1) is 15.0. The van der Waals surface area contributed by atoms with Crippen molar-refractivity contribution in [1.29, 1.82) is 0 Å². The molecule has 1 aromatic heterocycles. The third-order valence-corrected chi connectivity index (χ3v) is 5.72. The first-order valence-corrected chi connectivity index (χ1v) is 10.7. The number of aliphatic carboxylic acids is 1. The number of anilines is 2. The van der Waals surface area contributed by atoms with Crippen molar-refractivity contribution in [1.82, 2.24) is 9.78 Å². The number of nitrogens with one attached hydrogen (secondary N) is 2. The van der Waals surface area contributed by atoms with Gasteiger partial charge in [-0.2, -0.15) is 5.10 Å². The van der Waals surface area contributed by atoms with Gasteiger partial charge in [0, 0.05) is 11.5 Å². The standard InChI is InChI=1S/C23H24Cl2N4O3/c1-13(21(30)31)14-7-5-8-15(11-14)29-19(12-18(28-29)23(2,3)4)27-22(32)26-17-10-6-9-16(24)20(17)25/h5-13H,1-4H3,(H,30,31)(H2,26,27,32). The third kappa shape index (κ3) is 5.23. The maximum atomic E-state index is 12.7. The number of carboxylic acid groups (broad SMARTS) is 1. The van der Waals surface area contributed by atoms with Crippen molar-refractivity contribution in [2.45, 2.75) is 39.0 Å². The SMILES string of the molecule is CC(C(=O)O)c1cccc(-n2nc(C(C)(C)C)cc2NC(=O)Nc2cccc(Cl)c2Cl)c1. The normalized spacial score (nSPS) is 12.3. The molecule has 0 saturated carbocycles. The fraction of sp³-hybridized carbons (Fsp3) is 0.261. The Morgan fingerprint density at radius 2 is 1.75 bits per heavy atom. The van der Waals surface area contributed by atoms with E-state index in [0.717, 1.165) is 5.69 Å². The second-order valence-electron chi connectivity index (χ2n) is 8.41. The Balaban J connectivity index is 1.97. The number of carbonyl (C=O) groups excluding carboxylic acids is 1. The van der Waals surface area contributed by atoms with Crippen LogP contribution in [0.15, 0.2) is 48.5 Å². The number of rotatable bonds is 5. The molecule has 7 nitrogen and oxygen atoms in total. The van der Waals surface area contributed by atoms with Crippen molar-refractivity contribution in [3.8, 4) is 5.69 Å². The quantitative estimate of drug-likeness (QED) is 0.403. The van der Waals surface area contributed by atoms with Crippen LogP contribution >= 0.6 is 23.2 Å². The van der Waals surface area contributed by atoms with Gasteiger partial charge in [0.05, 0.1) is 33.0 Å². The fourth-order valence-corrected chi connectivity index (χ4v) is 3.32. The maximum Gasteiger partial charge on any atom is 0.324 e. The van der Waals surface area contributed by atoms with E-state index in [-0.39, 0.29) is 10.4 Å². The highest BCUT2D eigenvalue weighted by Crippen LogP contribution is 2.31. The van der Waals surface area contributed by atoms with E-state index in [9.17, 15) is 14.7 Å². The van der Waals surface area contributed by atoms with Gasteiger partial charge in [-0.05, 0) is 36.8 Å². The Morgan fingerprint density at radius 1 is 1.06 bits per heavy atom. The summed E-state index contributed by atoms with van der Waals surface area (Å²) in [5.41, 5.74) is 2.10. The molecule has 1 unspecified atom stereocenters. The van der Waals surface area contributed by atoms with E-state index in [4.69, 9.17) is 23.2 Å². The minimum Gasteiger partial charge on any atom is -0.481 e. The molecule has 0 spiro atoms. The Labute approximate surface area is 196 Å². The minimum atomic E-state index is -0.922. The number of aromatic nitrogens is 2. The molecule has 2 aromatic carbocycles. The molecule has 0 aliphatic heterocycles. The highest BCUT2D eigenvalue weighted by Gasteiger charge is 2.22. The van der Waals surface area contributed by atoms with Crippen LogP contribution in [0.5, 0.6) is 0 Å². The van der Waals surface area contributed by atoms with Gasteiger partial charge in [-0.25, -0.2) is 9.48 Å². The lowest BCUT2D eigenvalue weighted by molar-refractivity contribution is -0.138. The fourth-order valence-electron chi connectivity index (χ4n) is 2.97. The lowest BCUT2D eigenvalue weighted by atomic mass is 9.92. The van der Waals surface area contributed by atoms with Crippen LogP contribution in [0.4, 0.5) is 16.3 Å². The maximum absolute atomic E-state index is 12.7. The van der Waals surface area contributed by atoms with Crippen LogP contribution < -0.4 is 10.6 Å².